The van der Waals surface area contributed by atoms with Crippen molar-refractivity contribution < 1.29 is 9.53 Å². The fourth-order valence-electron chi connectivity index (χ4n) is 3.64. The van der Waals surface area contributed by atoms with E-state index in [1.165, 1.54) is 0 Å². The molecule has 23 heavy (non-hydrogen) atoms. The number of aromatic nitrogens is 2. The van der Waals surface area contributed by atoms with Crippen LogP contribution in [0.2, 0.25) is 0 Å². The summed E-state index contributed by atoms with van der Waals surface area (Å²) in [6.07, 6.45) is 0.883. The lowest BCUT2D eigenvalue weighted by atomic mass is 10.0. The third-order valence-electron chi connectivity index (χ3n) is 5.05. The second-order valence-corrected chi connectivity index (χ2v) is 6.49. The molecule has 0 saturated carbocycles. The average Bonchev–Trinajstić information content (AvgIpc) is 3.18. The van der Waals surface area contributed by atoms with Crippen molar-refractivity contribution in [2.45, 2.75) is 13.3 Å². The van der Waals surface area contributed by atoms with E-state index in [1.54, 1.807) is 0 Å². The summed E-state index contributed by atoms with van der Waals surface area (Å²) in [6.45, 7) is 7.68. The molecule has 2 atom stereocenters. The molecule has 1 N–H and O–H groups in total. The third kappa shape index (κ3) is 2.73. The molecule has 7 heteroatoms. The summed E-state index contributed by atoms with van der Waals surface area (Å²) in [6, 6.07) is 2.07. The van der Waals surface area contributed by atoms with Crippen LogP contribution in [0, 0.1) is 11.8 Å². The Balaban J connectivity index is 1.59. The Hall–Kier alpha value is -1.89. The highest BCUT2D eigenvalue weighted by Gasteiger charge is 2.42. The molecule has 3 aliphatic rings. The first-order valence-corrected chi connectivity index (χ1v) is 8.48. The van der Waals surface area contributed by atoms with Crippen LogP contribution in [-0.2, 0) is 16.0 Å². The number of aryl methyl sites for hydroxylation is 1. The lowest BCUT2D eigenvalue weighted by Gasteiger charge is -2.28. The molecule has 0 radical (unpaired) electrons. The molecule has 1 aromatic rings. The first-order chi connectivity index (χ1) is 11.2. The lowest BCUT2D eigenvalue weighted by molar-refractivity contribution is -0.122. The van der Waals surface area contributed by atoms with E-state index >= 15 is 0 Å². The molecule has 4 heterocycles. The van der Waals surface area contributed by atoms with Crippen LogP contribution in [0.4, 0.5) is 11.8 Å². The summed E-state index contributed by atoms with van der Waals surface area (Å²) < 4.78 is 5.42. The van der Waals surface area contributed by atoms with E-state index in [4.69, 9.17) is 9.72 Å². The number of hydrogen-bond acceptors (Lipinski definition) is 6. The first-order valence-electron chi connectivity index (χ1n) is 8.48. The van der Waals surface area contributed by atoms with Gasteiger partial charge in [-0.1, -0.05) is 6.92 Å². The molecular formula is C16H23N5O2. The number of hydrogen-bond donors (Lipinski definition) is 1. The van der Waals surface area contributed by atoms with Gasteiger partial charge in [0.15, 0.2) is 0 Å². The highest BCUT2D eigenvalue weighted by atomic mass is 16.5. The Morgan fingerprint density at radius 3 is 2.83 bits per heavy atom. The van der Waals surface area contributed by atoms with E-state index < -0.39 is 0 Å². The van der Waals surface area contributed by atoms with E-state index in [0.717, 1.165) is 69.8 Å². The number of nitrogens with one attached hydrogen (secondary N) is 1. The predicted octanol–water partition coefficient (Wildman–Crippen LogP) is 0.0578. The van der Waals surface area contributed by atoms with Gasteiger partial charge in [-0.15, -0.1) is 0 Å². The van der Waals surface area contributed by atoms with Gasteiger partial charge >= 0.3 is 0 Å². The minimum atomic E-state index is 0.113. The van der Waals surface area contributed by atoms with Gasteiger partial charge in [0.2, 0.25) is 11.9 Å². The standard InChI is InChI=1S/C16H23N5O2/c1-2-12-7-14(19-16(18-12)20-3-5-23-6-4-20)21-9-11-8-17-15(22)13(11)10-21/h7,11,13H,2-6,8-10H2,1H3,(H,17,22)/t11-,13+/m0/s1. The van der Waals surface area contributed by atoms with Crippen molar-refractivity contribution in [2.75, 3.05) is 55.7 Å². The summed E-state index contributed by atoms with van der Waals surface area (Å²) in [7, 11) is 0. The normalized spacial score (nSPS) is 27.3. The van der Waals surface area contributed by atoms with Crippen LogP contribution in [0.5, 0.6) is 0 Å². The molecule has 7 nitrogen and oxygen atoms in total. The average molecular weight is 317 g/mol. The van der Waals surface area contributed by atoms with E-state index in [9.17, 15) is 4.79 Å². The fraction of sp³-hybridized carbons (Fsp3) is 0.688. The van der Waals surface area contributed by atoms with Gasteiger partial charge in [0.25, 0.3) is 0 Å². The summed E-state index contributed by atoms with van der Waals surface area (Å²) in [5.41, 5.74) is 1.05. The highest BCUT2D eigenvalue weighted by molar-refractivity contribution is 5.82. The van der Waals surface area contributed by atoms with Gasteiger partial charge in [0.05, 0.1) is 19.1 Å². The molecule has 0 aliphatic carbocycles. The van der Waals surface area contributed by atoms with Crippen LogP contribution in [0.25, 0.3) is 0 Å². The number of carbonyl (C=O) groups excluding carboxylic acids is 1. The van der Waals surface area contributed by atoms with Crippen molar-refractivity contribution in [1.82, 2.24) is 15.3 Å². The molecular weight excluding hydrogens is 294 g/mol. The van der Waals surface area contributed by atoms with Crippen molar-refractivity contribution >= 4 is 17.7 Å². The Morgan fingerprint density at radius 2 is 2.09 bits per heavy atom. The molecule has 4 rings (SSSR count). The minimum Gasteiger partial charge on any atom is -0.378 e. The van der Waals surface area contributed by atoms with E-state index in [0.29, 0.717) is 5.92 Å². The smallest absolute Gasteiger partial charge is 0.227 e. The van der Waals surface area contributed by atoms with Crippen molar-refractivity contribution in [3.63, 3.8) is 0 Å². The molecule has 0 bridgehead atoms. The number of ether oxygens (including phenoxy) is 1. The van der Waals surface area contributed by atoms with Crippen molar-refractivity contribution in [2.24, 2.45) is 11.8 Å². The number of nitrogens with zero attached hydrogens (tertiary/aromatic N) is 4. The quantitative estimate of drug-likeness (QED) is 0.850. The number of morpholine rings is 1. The van der Waals surface area contributed by atoms with Crippen molar-refractivity contribution in [3.8, 4) is 0 Å². The van der Waals surface area contributed by atoms with Crippen LogP contribution in [-0.4, -0.2) is 61.8 Å². The second-order valence-electron chi connectivity index (χ2n) is 6.49. The van der Waals surface area contributed by atoms with Crippen molar-refractivity contribution in [3.05, 3.63) is 11.8 Å². The largest absolute Gasteiger partial charge is 0.378 e. The fourth-order valence-corrected chi connectivity index (χ4v) is 3.64. The topological polar surface area (TPSA) is 70.6 Å². The van der Waals surface area contributed by atoms with Crippen LogP contribution in [0.1, 0.15) is 12.6 Å². The van der Waals surface area contributed by atoms with Crippen LogP contribution in [0.3, 0.4) is 0 Å². The molecule has 0 aromatic carbocycles. The molecule has 3 fully saturated rings. The zero-order valence-corrected chi connectivity index (χ0v) is 13.5. The molecule has 0 spiro atoms. The number of amides is 1. The van der Waals surface area contributed by atoms with Gasteiger partial charge in [-0.2, -0.15) is 4.98 Å². The summed E-state index contributed by atoms with van der Waals surface area (Å²) in [5, 5.41) is 2.96. The number of fused-ring (bicyclic) bond motifs is 1. The third-order valence-corrected chi connectivity index (χ3v) is 5.05. The van der Waals surface area contributed by atoms with Gasteiger partial charge in [-0.3, -0.25) is 4.79 Å². The highest BCUT2D eigenvalue weighted by Crippen LogP contribution is 2.31. The zero-order chi connectivity index (χ0) is 15.8. The Morgan fingerprint density at radius 1 is 1.26 bits per heavy atom. The molecule has 3 saturated heterocycles. The van der Waals surface area contributed by atoms with Crippen LogP contribution >= 0.6 is 0 Å². The maximum absolute atomic E-state index is 11.9. The molecule has 1 amide bonds. The number of rotatable bonds is 3. The van der Waals surface area contributed by atoms with Crippen molar-refractivity contribution in [1.29, 1.82) is 0 Å². The molecule has 124 valence electrons. The van der Waals surface area contributed by atoms with Gasteiger partial charge < -0.3 is 19.9 Å². The predicted molar refractivity (Wildman–Crippen MR) is 86.6 cm³/mol. The molecule has 0 unspecified atom stereocenters. The van der Waals surface area contributed by atoms with Crippen LogP contribution < -0.4 is 15.1 Å². The number of anilines is 2. The maximum Gasteiger partial charge on any atom is 0.227 e. The zero-order valence-electron chi connectivity index (χ0n) is 13.5. The maximum atomic E-state index is 11.9. The van der Waals surface area contributed by atoms with Gasteiger partial charge in [-0.05, 0) is 6.42 Å². The van der Waals surface area contributed by atoms with Gasteiger partial charge in [0.1, 0.15) is 5.82 Å². The Kier molecular flexibility index (Phi) is 3.80. The summed E-state index contributed by atoms with van der Waals surface area (Å²) in [4.78, 5) is 25.8. The minimum absolute atomic E-state index is 0.113. The van der Waals surface area contributed by atoms with Crippen LogP contribution in [0.15, 0.2) is 6.07 Å². The Labute approximate surface area is 136 Å². The van der Waals surface area contributed by atoms with E-state index in [-0.39, 0.29) is 11.8 Å². The molecule has 1 aromatic heterocycles. The summed E-state index contributed by atoms with van der Waals surface area (Å²) in [5.74, 6) is 2.47. The van der Waals surface area contributed by atoms with Gasteiger partial charge in [0, 0.05) is 50.4 Å². The van der Waals surface area contributed by atoms with Gasteiger partial charge in [-0.25, -0.2) is 4.98 Å². The van der Waals surface area contributed by atoms with E-state index in [2.05, 4.69) is 33.1 Å². The van der Waals surface area contributed by atoms with E-state index in [1.807, 2.05) is 0 Å². The first kappa shape index (κ1) is 14.7. The SMILES string of the molecule is CCc1cc(N2C[C@@H]3CNC(=O)[C@@H]3C2)nc(N2CCOCC2)n1. The molecule has 3 aliphatic heterocycles. The lowest BCUT2D eigenvalue weighted by Crippen LogP contribution is -2.38. The second kappa shape index (κ2) is 5.96. The monoisotopic (exact) mass is 317 g/mol. The Bertz CT molecular complexity index is 602. The summed E-state index contributed by atoms with van der Waals surface area (Å²) >= 11 is 0. The number of carbonyl (C=O) groups is 1.